The van der Waals surface area contributed by atoms with Gasteiger partial charge in [0.1, 0.15) is 0 Å². The number of halogens is 2. The minimum Gasteiger partial charge on any atom is -0.122 e. The van der Waals surface area contributed by atoms with Gasteiger partial charge < -0.3 is 0 Å². The second kappa shape index (κ2) is 12.2. The van der Waals surface area contributed by atoms with E-state index in [0.717, 1.165) is 5.33 Å². The van der Waals surface area contributed by atoms with Gasteiger partial charge in [-0.25, -0.2) is 0 Å². The lowest BCUT2D eigenvalue weighted by Crippen LogP contribution is -1.75. The molecule has 0 aliphatic heterocycles. The molecule has 2 heteroatoms. The Kier molecular flexibility index (Phi) is 12.5. The van der Waals surface area contributed by atoms with Crippen LogP contribution in [0.3, 0.4) is 0 Å². The molecule has 0 rings (SSSR count). The average Bonchev–Trinajstić information content (AvgIpc) is 2.16. The molecule has 0 saturated heterocycles. The van der Waals surface area contributed by atoms with Crippen molar-refractivity contribution in [3.8, 4) is 0 Å². The number of hydrogen-bond donors (Lipinski definition) is 0. The first-order valence-electron chi connectivity index (χ1n) is 4.83. The monoisotopic (exact) mass is 264 g/mol. The fourth-order valence-corrected chi connectivity index (χ4v) is 1.45. The molecule has 0 N–H and O–H groups in total. The third kappa shape index (κ3) is 12.2. The van der Waals surface area contributed by atoms with Gasteiger partial charge in [-0.05, 0) is 25.7 Å². The van der Waals surface area contributed by atoms with Gasteiger partial charge in [-0.1, -0.05) is 46.7 Å². The quantitative estimate of drug-likeness (QED) is 0.339. The van der Waals surface area contributed by atoms with Crippen LogP contribution in [-0.4, -0.2) is 11.2 Å². The normalized spacial score (nSPS) is 11.8. The minimum absolute atomic E-state index is 0.647. The van der Waals surface area contributed by atoms with Crippen molar-refractivity contribution in [1.29, 1.82) is 0 Å². The molecule has 0 spiro atoms. The zero-order chi connectivity index (χ0) is 9.78. The zero-order valence-electron chi connectivity index (χ0n) is 8.02. The molecule has 0 fully saturated rings. The Morgan fingerprint density at radius 2 is 1.46 bits per heavy atom. The fraction of sp³-hybridized carbons (Fsp3) is 0.636. The summed E-state index contributed by atoms with van der Waals surface area (Å²) >= 11 is 8.85. The molecule has 0 unspecified atom stereocenters. The number of unbranched alkanes of at least 4 members (excludes halogenated alkanes) is 4. The van der Waals surface area contributed by atoms with Crippen molar-refractivity contribution >= 4 is 27.5 Å². The molecule has 0 heterocycles. The lowest BCUT2D eigenvalue weighted by Gasteiger charge is -1.94. The predicted molar refractivity (Wildman–Crippen MR) is 65.9 cm³/mol. The van der Waals surface area contributed by atoms with Crippen LogP contribution < -0.4 is 0 Å². The molecule has 76 valence electrons. The second-order valence-electron chi connectivity index (χ2n) is 2.89. The van der Waals surface area contributed by atoms with Crippen LogP contribution in [0.25, 0.3) is 0 Å². The summed E-state index contributed by atoms with van der Waals surface area (Å²) in [6.07, 6.45) is 14.9. The highest BCUT2D eigenvalue weighted by Crippen LogP contribution is 2.04. The SMILES string of the molecule is ClC/C=C/CCCCC/C=C/CBr. The van der Waals surface area contributed by atoms with Crippen LogP contribution in [0.5, 0.6) is 0 Å². The van der Waals surface area contributed by atoms with Crippen molar-refractivity contribution in [2.75, 3.05) is 11.2 Å². The van der Waals surface area contributed by atoms with Gasteiger partial charge in [0.05, 0.1) is 0 Å². The fourth-order valence-electron chi connectivity index (χ4n) is 1.06. The van der Waals surface area contributed by atoms with Crippen LogP contribution >= 0.6 is 27.5 Å². The van der Waals surface area contributed by atoms with Gasteiger partial charge in [0, 0.05) is 11.2 Å². The van der Waals surface area contributed by atoms with E-state index >= 15 is 0 Å². The van der Waals surface area contributed by atoms with Crippen LogP contribution in [-0.2, 0) is 0 Å². The Hall–Kier alpha value is 0.250. The van der Waals surface area contributed by atoms with Crippen molar-refractivity contribution in [1.82, 2.24) is 0 Å². The van der Waals surface area contributed by atoms with E-state index in [4.69, 9.17) is 11.6 Å². The summed E-state index contributed by atoms with van der Waals surface area (Å²) in [6.45, 7) is 0. The zero-order valence-corrected chi connectivity index (χ0v) is 10.4. The van der Waals surface area contributed by atoms with Gasteiger partial charge in [-0.15, -0.1) is 11.6 Å². The first-order valence-corrected chi connectivity index (χ1v) is 6.49. The molecule has 0 nitrogen and oxygen atoms in total. The topological polar surface area (TPSA) is 0 Å². The predicted octanol–water partition coefficient (Wildman–Crippen LogP) is 4.68. The molecule has 0 aromatic carbocycles. The molecular weight excluding hydrogens is 247 g/mol. The van der Waals surface area contributed by atoms with E-state index in [0.29, 0.717) is 5.88 Å². The maximum atomic E-state index is 5.50. The smallest absolute Gasteiger partial charge is 0.0404 e. The van der Waals surface area contributed by atoms with Gasteiger partial charge in [0.25, 0.3) is 0 Å². The maximum absolute atomic E-state index is 5.50. The van der Waals surface area contributed by atoms with Crippen LogP contribution in [0.4, 0.5) is 0 Å². The van der Waals surface area contributed by atoms with E-state index in [-0.39, 0.29) is 0 Å². The van der Waals surface area contributed by atoms with E-state index < -0.39 is 0 Å². The molecule has 0 aromatic heterocycles. The van der Waals surface area contributed by atoms with Gasteiger partial charge >= 0.3 is 0 Å². The molecule has 0 amide bonds. The summed E-state index contributed by atoms with van der Waals surface area (Å²) in [6, 6.07) is 0. The van der Waals surface area contributed by atoms with Gasteiger partial charge in [0.15, 0.2) is 0 Å². The van der Waals surface area contributed by atoms with Gasteiger partial charge in [-0.2, -0.15) is 0 Å². The average molecular weight is 266 g/mol. The number of hydrogen-bond acceptors (Lipinski definition) is 0. The first-order chi connectivity index (χ1) is 6.41. The molecule has 0 aliphatic carbocycles. The van der Waals surface area contributed by atoms with E-state index in [9.17, 15) is 0 Å². The number of allylic oxidation sites excluding steroid dienone is 4. The van der Waals surface area contributed by atoms with E-state index in [1.807, 2.05) is 6.08 Å². The molecule has 0 atom stereocenters. The van der Waals surface area contributed by atoms with Crippen molar-refractivity contribution < 1.29 is 0 Å². The highest BCUT2D eigenvalue weighted by Gasteiger charge is 1.85. The largest absolute Gasteiger partial charge is 0.122 e. The molecule has 0 aliphatic rings. The lowest BCUT2D eigenvalue weighted by molar-refractivity contribution is 0.696. The van der Waals surface area contributed by atoms with Crippen LogP contribution in [0, 0.1) is 0 Å². The third-order valence-corrected chi connectivity index (χ3v) is 2.31. The van der Waals surface area contributed by atoms with E-state index in [2.05, 4.69) is 34.2 Å². The Bertz CT molecular complexity index is 125. The van der Waals surface area contributed by atoms with Gasteiger partial charge in [-0.3, -0.25) is 0 Å². The van der Waals surface area contributed by atoms with Crippen LogP contribution in [0.1, 0.15) is 32.1 Å². The molecular formula is C11H18BrCl. The van der Waals surface area contributed by atoms with Gasteiger partial charge in [0.2, 0.25) is 0 Å². The van der Waals surface area contributed by atoms with Crippen molar-refractivity contribution in [2.45, 2.75) is 32.1 Å². The highest BCUT2D eigenvalue weighted by molar-refractivity contribution is 9.09. The Morgan fingerprint density at radius 3 is 2.00 bits per heavy atom. The Morgan fingerprint density at radius 1 is 0.846 bits per heavy atom. The number of alkyl halides is 2. The third-order valence-electron chi connectivity index (χ3n) is 1.75. The van der Waals surface area contributed by atoms with Crippen LogP contribution in [0.15, 0.2) is 24.3 Å². The summed E-state index contributed by atoms with van der Waals surface area (Å²) < 4.78 is 0. The summed E-state index contributed by atoms with van der Waals surface area (Å²) in [4.78, 5) is 0. The summed E-state index contributed by atoms with van der Waals surface area (Å²) in [5, 5.41) is 0.978. The second-order valence-corrected chi connectivity index (χ2v) is 3.85. The number of rotatable bonds is 8. The first kappa shape index (κ1) is 13.2. The molecule has 13 heavy (non-hydrogen) atoms. The molecule has 0 aromatic rings. The van der Waals surface area contributed by atoms with Crippen molar-refractivity contribution in [2.24, 2.45) is 0 Å². The summed E-state index contributed by atoms with van der Waals surface area (Å²) in [5.41, 5.74) is 0. The van der Waals surface area contributed by atoms with Crippen molar-refractivity contribution in [3.05, 3.63) is 24.3 Å². The Labute approximate surface area is 95.2 Å². The summed E-state index contributed by atoms with van der Waals surface area (Å²) in [5.74, 6) is 0.647. The highest BCUT2D eigenvalue weighted by atomic mass is 79.9. The maximum Gasteiger partial charge on any atom is 0.0404 e. The standard InChI is InChI=1S/C11H18BrCl/c12-10-8-6-4-2-1-3-5-7-9-11-13/h6-9H,1-5,10-11H2/b8-6+,9-7+. The van der Waals surface area contributed by atoms with E-state index in [1.165, 1.54) is 32.1 Å². The minimum atomic E-state index is 0.647. The summed E-state index contributed by atoms with van der Waals surface area (Å²) in [7, 11) is 0. The Balaban J connectivity index is 2.99. The lowest BCUT2D eigenvalue weighted by atomic mass is 10.1. The molecule has 0 saturated carbocycles. The molecule has 0 bridgehead atoms. The van der Waals surface area contributed by atoms with Crippen LogP contribution in [0.2, 0.25) is 0 Å². The van der Waals surface area contributed by atoms with E-state index in [1.54, 1.807) is 0 Å². The van der Waals surface area contributed by atoms with Crippen molar-refractivity contribution in [3.63, 3.8) is 0 Å². The molecule has 0 radical (unpaired) electrons.